The van der Waals surface area contributed by atoms with E-state index in [1.807, 2.05) is 0 Å². The Morgan fingerprint density at radius 3 is 1.33 bits per heavy atom. The average molecular weight is 842 g/mol. The second-order valence-corrected chi connectivity index (χ2v) is 22.2. The fourth-order valence-corrected chi connectivity index (χ4v) is 17.4. The Bertz CT molecular complexity index is 3080. The van der Waals surface area contributed by atoms with Crippen LogP contribution < -0.4 is 4.90 Å². The first-order chi connectivity index (χ1) is 31.6. The van der Waals surface area contributed by atoms with Crippen LogP contribution in [-0.4, -0.2) is 0 Å². The predicted molar refractivity (Wildman–Crippen MR) is 268 cm³/mol. The van der Waals surface area contributed by atoms with Gasteiger partial charge in [-0.05, 0) is 184 Å². The molecule has 0 N–H and O–H groups in total. The molecule has 2 heteroatoms. The highest BCUT2D eigenvalue weighted by atomic mass is 32.3. The quantitative estimate of drug-likeness (QED) is 0.147. The molecular weight excluding hydrogens is 791 g/mol. The normalized spacial score (nSPS) is 21.6. The lowest BCUT2D eigenvalue weighted by atomic mass is 9.48. The summed E-state index contributed by atoms with van der Waals surface area (Å²) in [5.41, 5.74) is 13.1. The highest BCUT2D eigenvalue weighted by molar-refractivity contribution is 8.34. The molecule has 0 spiro atoms. The van der Waals surface area contributed by atoms with Gasteiger partial charge in [-0.1, -0.05) is 146 Å². The Morgan fingerprint density at radius 1 is 0.359 bits per heavy atom. The zero-order chi connectivity index (χ0) is 42.2. The van der Waals surface area contributed by atoms with Crippen molar-refractivity contribution in [2.24, 2.45) is 17.8 Å². The van der Waals surface area contributed by atoms with E-state index in [1.54, 1.807) is 5.56 Å². The van der Waals surface area contributed by atoms with E-state index in [1.165, 1.54) is 108 Å². The fraction of sp³-hybridized carbons (Fsp3) is 0.161. The summed E-state index contributed by atoms with van der Waals surface area (Å²) >= 11 is 0. The summed E-state index contributed by atoms with van der Waals surface area (Å²) in [5, 5.41) is 2.55. The lowest BCUT2D eigenvalue weighted by Crippen LogP contribution is -2.48. The Morgan fingerprint density at radius 2 is 0.781 bits per heavy atom. The minimum atomic E-state index is -1.73. The van der Waals surface area contributed by atoms with Crippen LogP contribution >= 0.6 is 10.0 Å². The molecule has 14 rings (SSSR count). The molecule has 4 fully saturated rings. The van der Waals surface area contributed by atoms with E-state index in [4.69, 9.17) is 0 Å². The van der Waals surface area contributed by atoms with Gasteiger partial charge in [-0.2, -0.15) is 0 Å². The van der Waals surface area contributed by atoms with E-state index in [0.717, 1.165) is 29.1 Å². The fourth-order valence-electron chi connectivity index (χ4n) is 13.2. The van der Waals surface area contributed by atoms with Gasteiger partial charge in [0.1, 0.15) is 0 Å². The molecule has 5 aliphatic rings. The largest absolute Gasteiger partial charge is 0.311 e. The molecule has 0 radical (unpaired) electrons. The van der Waals surface area contributed by atoms with Crippen molar-refractivity contribution in [2.45, 2.75) is 63.5 Å². The molecule has 64 heavy (non-hydrogen) atoms. The summed E-state index contributed by atoms with van der Waals surface area (Å²) in [5.74, 6) is 2.76. The van der Waals surface area contributed by atoms with Gasteiger partial charge in [-0.25, -0.2) is 0 Å². The molecule has 1 nitrogen and oxygen atoms in total. The highest BCUT2D eigenvalue weighted by Gasteiger charge is 2.51. The molecule has 0 amide bonds. The van der Waals surface area contributed by atoms with Crippen molar-refractivity contribution in [1.29, 1.82) is 0 Å². The van der Waals surface area contributed by atoms with E-state index in [2.05, 4.69) is 223 Å². The minimum absolute atomic E-state index is 0.362. The Balaban J connectivity index is 0.936. The smallest absolute Gasteiger partial charge is 0.0462 e. The molecule has 9 aromatic carbocycles. The number of nitrogens with zero attached hydrogens (tertiary/aromatic N) is 1. The summed E-state index contributed by atoms with van der Waals surface area (Å²) < 4.78 is 0. The lowest BCUT2D eigenvalue weighted by molar-refractivity contribution is -0.00518. The zero-order valence-corrected chi connectivity index (χ0v) is 36.9. The third-order valence-corrected chi connectivity index (χ3v) is 19.5. The summed E-state index contributed by atoms with van der Waals surface area (Å²) in [4.78, 5) is 8.06. The van der Waals surface area contributed by atoms with Crippen LogP contribution in [0.15, 0.2) is 238 Å². The molecule has 4 aliphatic carbocycles. The second kappa shape index (κ2) is 15.0. The van der Waals surface area contributed by atoms with Crippen LogP contribution in [-0.2, 0) is 5.41 Å². The maximum Gasteiger partial charge on any atom is 0.0462 e. The third-order valence-electron chi connectivity index (χ3n) is 15.5. The van der Waals surface area contributed by atoms with Gasteiger partial charge < -0.3 is 4.90 Å². The lowest BCUT2D eigenvalue weighted by Gasteiger charge is -2.57. The molecule has 1 aliphatic heterocycles. The van der Waals surface area contributed by atoms with Gasteiger partial charge in [0.25, 0.3) is 0 Å². The van der Waals surface area contributed by atoms with E-state index < -0.39 is 10.0 Å². The summed E-state index contributed by atoms with van der Waals surface area (Å²) in [6.07, 6.45) is 8.53. The van der Waals surface area contributed by atoms with Crippen molar-refractivity contribution >= 4 is 37.9 Å². The average Bonchev–Trinajstić information content (AvgIpc) is 3.65. The summed E-state index contributed by atoms with van der Waals surface area (Å²) in [7, 11) is -1.73. The Labute approximate surface area is 379 Å². The first-order valence-corrected chi connectivity index (χ1v) is 25.0. The first-order valence-electron chi connectivity index (χ1n) is 23.4. The van der Waals surface area contributed by atoms with Crippen LogP contribution in [0.5, 0.6) is 0 Å². The monoisotopic (exact) mass is 841 g/mol. The number of benzene rings is 9. The molecule has 0 atom stereocenters. The maximum absolute atomic E-state index is 2.50. The minimum Gasteiger partial charge on any atom is -0.311 e. The summed E-state index contributed by atoms with van der Waals surface area (Å²) in [6.45, 7) is 0. The van der Waals surface area contributed by atoms with Gasteiger partial charge in [-0.15, -0.1) is 10.0 Å². The highest BCUT2D eigenvalue weighted by Crippen LogP contribution is 2.80. The van der Waals surface area contributed by atoms with Gasteiger partial charge in [0.15, 0.2) is 0 Å². The van der Waals surface area contributed by atoms with E-state index in [0.29, 0.717) is 5.41 Å². The van der Waals surface area contributed by atoms with Gasteiger partial charge >= 0.3 is 0 Å². The van der Waals surface area contributed by atoms with Gasteiger partial charge in [-0.3, -0.25) is 0 Å². The van der Waals surface area contributed by atoms with Crippen molar-refractivity contribution in [3.8, 4) is 33.4 Å². The number of rotatable bonds is 8. The zero-order valence-electron chi connectivity index (χ0n) is 36.1. The molecule has 4 bridgehead atoms. The molecule has 9 aromatic rings. The molecule has 0 saturated heterocycles. The van der Waals surface area contributed by atoms with E-state index >= 15 is 0 Å². The number of fused-ring (bicyclic) bond motifs is 4. The van der Waals surface area contributed by atoms with Crippen molar-refractivity contribution in [2.75, 3.05) is 4.90 Å². The molecule has 1 heterocycles. The standard InChI is InChI=1S/C62H51NS/c1-3-13-46(14-4-1)55-21-11-15-48-16-12-22-56(61(48)55)47-25-29-50(30-26-47)63(51-31-27-49(28-32-51)62-40-43-37-44(41-62)39-45(38-43)42-62)52-33-35-54(36-34-52)64(53-17-5-2-6-18-53)59-23-9-7-19-57(59)58-20-8-10-24-60(58)64/h1-36,43-45H,37-42H2. The Hall–Kier alpha value is -6.61. The number of anilines is 3. The van der Waals surface area contributed by atoms with Crippen molar-refractivity contribution < 1.29 is 0 Å². The predicted octanol–water partition coefficient (Wildman–Crippen LogP) is 17.4. The van der Waals surface area contributed by atoms with Crippen molar-refractivity contribution in [3.63, 3.8) is 0 Å². The number of hydrogen-bond acceptors (Lipinski definition) is 1. The molecule has 4 saturated carbocycles. The molecule has 0 aromatic heterocycles. The van der Waals surface area contributed by atoms with Gasteiger partial charge in [0.05, 0.1) is 0 Å². The van der Waals surface area contributed by atoms with Gasteiger partial charge in [0.2, 0.25) is 0 Å². The van der Waals surface area contributed by atoms with E-state index in [-0.39, 0.29) is 0 Å². The summed E-state index contributed by atoms with van der Waals surface area (Å²) in [6, 6.07) is 82.5. The SMILES string of the molecule is c1ccc(-c2cccc3cccc(-c4ccc(N(c5ccc(C67CC8CC(CC(C8)C6)C7)cc5)c5ccc(S6(c7ccccc7)c7ccccc7-c7ccccc76)cc5)cc4)c23)cc1. The van der Waals surface area contributed by atoms with Crippen LogP contribution in [0.3, 0.4) is 0 Å². The topological polar surface area (TPSA) is 3.24 Å². The first kappa shape index (κ1) is 37.9. The third kappa shape index (κ3) is 5.92. The molecular formula is C62H51NS. The molecule has 310 valence electrons. The van der Waals surface area contributed by atoms with Crippen LogP contribution in [0, 0.1) is 17.8 Å². The van der Waals surface area contributed by atoms with E-state index in [9.17, 15) is 0 Å². The number of hydrogen-bond donors (Lipinski definition) is 0. The van der Waals surface area contributed by atoms with Crippen LogP contribution in [0.25, 0.3) is 44.2 Å². The molecule has 0 unspecified atom stereocenters. The van der Waals surface area contributed by atoms with Crippen LogP contribution in [0.2, 0.25) is 0 Å². The Kier molecular flexibility index (Phi) is 8.88. The van der Waals surface area contributed by atoms with Crippen LogP contribution in [0.4, 0.5) is 17.1 Å². The second-order valence-electron chi connectivity index (χ2n) is 19.1. The van der Waals surface area contributed by atoms with Crippen molar-refractivity contribution in [1.82, 2.24) is 0 Å². The van der Waals surface area contributed by atoms with Crippen molar-refractivity contribution in [3.05, 3.63) is 224 Å². The van der Waals surface area contributed by atoms with Gasteiger partial charge in [0, 0.05) is 36.6 Å². The maximum atomic E-state index is 2.50. The van der Waals surface area contributed by atoms with Crippen LogP contribution in [0.1, 0.15) is 44.1 Å².